The van der Waals surface area contributed by atoms with E-state index in [0.29, 0.717) is 19.0 Å². The number of likely N-dealkylation sites (N-methyl/N-ethyl adjacent to an activating group) is 1. The fourth-order valence-electron chi connectivity index (χ4n) is 2.80. The minimum atomic E-state index is -0.211. The third kappa shape index (κ3) is 5.58. The summed E-state index contributed by atoms with van der Waals surface area (Å²) in [5.41, 5.74) is 0. The number of rotatable bonds is 6. The van der Waals surface area contributed by atoms with Gasteiger partial charge in [-0.2, -0.15) is 0 Å². The number of carbonyl (C=O) groups is 1. The Bertz CT molecular complexity index is 466. The molecule has 0 saturated heterocycles. The molecule has 0 radical (unpaired) electrons. The van der Waals surface area contributed by atoms with Crippen molar-refractivity contribution in [3.8, 4) is 0 Å². The second-order valence-corrected chi connectivity index (χ2v) is 7.59. The van der Waals surface area contributed by atoms with Crippen molar-refractivity contribution in [2.75, 3.05) is 20.1 Å². The molecule has 1 aliphatic carbocycles. The minimum Gasteiger partial charge on any atom is -0.393 e. The van der Waals surface area contributed by atoms with Crippen LogP contribution in [0.3, 0.4) is 0 Å². The second kappa shape index (κ2) is 8.13. The van der Waals surface area contributed by atoms with E-state index >= 15 is 0 Å². The first-order chi connectivity index (χ1) is 10.0. The average Bonchev–Trinajstić information content (AvgIpc) is 2.85. The molecule has 1 saturated carbocycles. The van der Waals surface area contributed by atoms with E-state index in [1.807, 2.05) is 24.1 Å². The molecule has 0 bridgehead atoms. The van der Waals surface area contributed by atoms with Crippen LogP contribution < -0.4 is 5.32 Å². The van der Waals surface area contributed by atoms with Gasteiger partial charge in [0.25, 0.3) is 0 Å². The molecule has 21 heavy (non-hydrogen) atoms. The van der Waals surface area contributed by atoms with E-state index < -0.39 is 0 Å². The number of nitrogens with one attached hydrogen (secondary N) is 1. The van der Waals surface area contributed by atoms with Gasteiger partial charge >= 0.3 is 0 Å². The molecule has 4 nitrogen and oxygen atoms in total. The molecule has 1 heterocycles. The fraction of sp³-hybridized carbons (Fsp3) is 0.667. The monoisotopic (exact) mass is 330 g/mol. The number of amides is 1. The summed E-state index contributed by atoms with van der Waals surface area (Å²) in [5.74, 6) is 0.306. The van der Waals surface area contributed by atoms with Crippen molar-refractivity contribution in [1.82, 2.24) is 10.2 Å². The zero-order chi connectivity index (χ0) is 15.2. The first-order valence-electron chi connectivity index (χ1n) is 7.42. The Morgan fingerprint density at radius 3 is 2.90 bits per heavy atom. The maximum absolute atomic E-state index is 11.9. The number of halogens is 1. The normalized spacial score (nSPS) is 22.5. The van der Waals surface area contributed by atoms with Gasteiger partial charge in [-0.25, -0.2) is 0 Å². The second-order valence-electron chi connectivity index (χ2n) is 5.79. The smallest absolute Gasteiger partial charge is 0.234 e. The van der Waals surface area contributed by atoms with Crippen LogP contribution in [-0.4, -0.2) is 42.2 Å². The van der Waals surface area contributed by atoms with Gasteiger partial charge in [-0.05, 0) is 37.9 Å². The van der Waals surface area contributed by atoms with Gasteiger partial charge in [-0.15, -0.1) is 11.3 Å². The molecule has 0 aromatic carbocycles. The highest BCUT2D eigenvalue weighted by Gasteiger charge is 2.24. The quantitative estimate of drug-likeness (QED) is 0.842. The first kappa shape index (κ1) is 16.7. The van der Waals surface area contributed by atoms with E-state index in [4.69, 9.17) is 11.6 Å². The predicted octanol–water partition coefficient (Wildman–Crippen LogP) is 2.50. The first-order valence-corrected chi connectivity index (χ1v) is 8.61. The molecule has 2 unspecified atom stereocenters. The van der Waals surface area contributed by atoms with Crippen molar-refractivity contribution >= 4 is 28.8 Å². The highest BCUT2D eigenvalue weighted by molar-refractivity contribution is 7.16. The van der Waals surface area contributed by atoms with Crippen LogP contribution in [0, 0.1) is 5.92 Å². The lowest BCUT2D eigenvalue weighted by atomic mass is 9.86. The number of aliphatic hydroxyl groups excluding tert-OH is 1. The molecule has 2 atom stereocenters. The Morgan fingerprint density at radius 1 is 1.48 bits per heavy atom. The molecule has 2 rings (SSSR count). The topological polar surface area (TPSA) is 52.6 Å². The van der Waals surface area contributed by atoms with Crippen LogP contribution in [0.25, 0.3) is 0 Å². The molecule has 0 aliphatic heterocycles. The Balaban J connectivity index is 1.69. The van der Waals surface area contributed by atoms with Crippen molar-refractivity contribution in [2.24, 2.45) is 5.92 Å². The van der Waals surface area contributed by atoms with Crippen LogP contribution in [0.15, 0.2) is 12.1 Å². The van der Waals surface area contributed by atoms with Crippen LogP contribution in [0.1, 0.15) is 30.6 Å². The number of hydrogen-bond acceptors (Lipinski definition) is 4. The van der Waals surface area contributed by atoms with Gasteiger partial charge in [0.15, 0.2) is 0 Å². The molecular formula is C15H23ClN2O2S. The predicted molar refractivity (Wildman–Crippen MR) is 86.6 cm³/mol. The van der Waals surface area contributed by atoms with Gasteiger partial charge in [-0.1, -0.05) is 24.4 Å². The summed E-state index contributed by atoms with van der Waals surface area (Å²) >= 11 is 7.34. The van der Waals surface area contributed by atoms with Crippen molar-refractivity contribution in [3.63, 3.8) is 0 Å². The van der Waals surface area contributed by atoms with Crippen LogP contribution >= 0.6 is 22.9 Å². The van der Waals surface area contributed by atoms with Gasteiger partial charge in [0.1, 0.15) is 0 Å². The van der Waals surface area contributed by atoms with E-state index in [-0.39, 0.29) is 12.0 Å². The molecule has 2 N–H and O–H groups in total. The largest absolute Gasteiger partial charge is 0.393 e. The Morgan fingerprint density at radius 2 is 2.24 bits per heavy atom. The van der Waals surface area contributed by atoms with Crippen molar-refractivity contribution in [2.45, 2.75) is 38.3 Å². The number of carbonyl (C=O) groups excluding carboxylic acids is 1. The zero-order valence-corrected chi connectivity index (χ0v) is 13.9. The van der Waals surface area contributed by atoms with E-state index in [0.717, 1.165) is 35.0 Å². The van der Waals surface area contributed by atoms with Crippen LogP contribution in [-0.2, 0) is 11.3 Å². The van der Waals surface area contributed by atoms with Gasteiger partial charge in [0, 0.05) is 11.4 Å². The number of thiophene rings is 1. The lowest BCUT2D eigenvalue weighted by Crippen LogP contribution is -2.40. The highest BCUT2D eigenvalue weighted by Crippen LogP contribution is 2.24. The summed E-state index contributed by atoms with van der Waals surface area (Å²) in [7, 11) is 1.93. The molecule has 1 amide bonds. The molecule has 0 spiro atoms. The minimum absolute atomic E-state index is 0.00678. The Hall–Kier alpha value is -0.620. The summed E-state index contributed by atoms with van der Waals surface area (Å²) in [6.07, 6.45) is 4.04. The van der Waals surface area contributed by atoms with Gasteiger partial charge < -0.3 is 10.4 Å². The summed E-state index contributed by atoms with van der Waals surface area (Å²) in [6.45, 7) is 1.66. The van der Waals surface area contributed by atoms with Gasteiger partial charge in [-0.3, -0.25) is 9.69 Å². The SMILES string of the molecule is CN(CC(=O)NCc1ccc(Cl)s1)CC1CCCCC1O. The van der Waals surface area contributed by atoms with Gasteiger partial charge in [0.05, 0.1) is 23.5 Å². The summed E-state index contributed by atoms with van der Waals surface area (Å²) < 4.78 is 0.739. The maximum Gasteiger partial charge on any atom is 0.234 e. The average molecular weight is 331 g/mol. The molecule has 1 aromatic heterocycles. The summed E-state index contributed by atoms with van der Waals surface area (Å²) in [5, 5.41) is 12.9. The van der Waals surface area contributed by atoms with Crippen molar-refractivity contribution in [3.05, 3.63) is 21.3 Å². The molecular weight excluding hydrogens is 308 g/mol. The maximum atomic E-state index is 11.9. The standard InChI is InChI=1S/C15H23ClN2O2S/c1-18(9-11-4-2-3-5-13(11)19)10-15(20)17-8-12-6-7-14(16)21-12/h6-7,11,13,19H,2-5,8-10H2,1H3,(H,17,20). The zero-order valence-electron chi connectivity index (χ0n) is 12.3. The van der Waals surface area contributed by atoms with Crippen molar-refractivity contribution < 1.29 is 9.90 Å². The van der Waals surface area contributed by atoms with Crippen molar-refractivity contribution in [1.29, 1.82) is 0 Å². The summed E-state index contributed by atoms with van der Waals surface area (Å²) in [4.78, 5) is 15.0. The fourth-order valence-corrected chi connectivity index (χ4v) is 3.83. The van der Waals surface area contributed by atoms with Gasteiger partial charge in [0.2, 0.25) is 5.91 Å². The van der Waals surface area contributed by atoms with E-state index in [9.17, 15) is 9.90 Å². The van der Waals surface area contributed by atoms with E-state index in [2.05, 4.69) is 5.32 Å². The third-order valence-electron chi connectivity index (χ3n) is 3.92. The molecule has 118 valence electrons. The lowest BCUT2D eigenvalue weighted by molar-refractivity contribution is -0.122. The highest BCUT2D eigenvalue weighted by atomic mass is 35.5. The Labute approximate surface area is 135 Å². The van der Waals surface area contributed by atoms with Crippen LogP contribution in [0.5, 0.6) is 0 Å². The molecule has 6 heteroatoms. The number of hydrogen-bond donors (Lipinski definition) is 2. The number of nitrogens with zero attached hydrogens (tertiary/aromatic N) is 1. The Kier molecular flexibility index (Phi) is 6.48. The van der Waals surface area contributed by atoms with Crippen LogP contribution in [0.2, 0.25) is 4.34 Å². The van der Waals surface area contributed by atoms with Crippen LogP contribution in [0.4, 0.5) is 0 Å². The lowest BCUT2D eigenvalue weighted by Gasteiger charge is -2.30. The molecule has 1 aliphatic rings. The van der Waals surface area contributed by atoms with E-state index in [1.165, 1.54) is 17.8 Å². The molecule has 1 aromatic rings. The van der Waals surface area contributed by atoms with E-state index in [1.54, 1.807) is 0 Å². The third-order valence-corrected chi connectivity index (χ3v) is 5.15. The molecule has 1 fully saturated rings. The summed E-state index contributed by atoms with van der Waals surface area (Å²) in [6, 6.07) is 3.76. The number of aliphatic hydroxyl groups is 1.